The summed E-state index contributed by atoms with van der Waals surface area (Å²) in [6, 6.07) is 1.52. The van der Waals surface area contributed by atoms with Crippen molar-refractivity contribution in [2.45, 2.75) is 65.0 Å². The van der Waals surface area contributed by atoms with Gasteiger partial charge < -0.3 is 10.2 Å². The summed E-state index contributed by atoms with van der Waals surface area (Å²) in [7, 11) is 2.14. The molecule has 100 valence electrons. The van der Waals surface area contributed by atoms with Gasteiger partial charge in [0.05, 0.1) is 0 Å². The Bertz CT molecular complexity index is 249. The van der Waals surface area contributed by atoms with Crippen LogP contribution in [-0.2, 0) is 0 Å². The van der Waals surface area contributed by atoms with Crippen LogP contribution in [0.5, 0.6) is 0 Å². The summed E-state index contributed by atoms with van der Waals surface area (Å²) in [6.45, 7) is 9.90. The van der Waals surface area contributed by atoms with Crippen LogP contribution in [0.2, 0.25) is 0 Å². The first-order valence-electron chi connectivity index (χ1n) is 7.46. The normalized spacial score (nSPS) is 38.5. The van der Waals surface area contributed by atoms with Crippen LogP contribution in [0.25, 0.3) is 0 Å². The lowest BCUT2D eigenvalue weighted by Crippen LogP contribution is -2.47. The fourth-order valence-electron chi connectivity index (χ4n) is 4.07. The van der Waals surface area contributed by atoms with Gasteiger partial charge in [-0.15, -0.1) is 0 Å². The van der Waals surface area contributed by atoms with E-state index in [0.29, 0.717) is 11.5 Å². The Hall–Kier alpha value is -0.0800. The number of hydrogen-bond acceptors (Lipinski definition) is 2. The standard InChI is InChI=1S/C15H30N2/c1-12-7-5-6-10-17(12)11-13-8-9-15(2,3)14(13)16-4/h12-14,16H,5-11H2,1-4H3. The average molecular weight is 238 g/mol. The number of rotatable bonds is 3. The Morgan fingerprint density at radius 2 is 2.00 bits per heavy atom. The van der Waals surface area contributed by atoms with E-state index in [1.165, 1.54) is 45.2 Å². The van der Waals surface area contributed by atoms with Crippen molar-refractivity contribution in [2.75, 3.05) is 20.1 Å². The summed E-state index contributed by atoms with van der Waals surface area (Å²) in [4.78, 5) is 2.74. The molecule has 1 aliphatic heterocycles. The van der Waals surface area contributed by atoms with Crippen LogP contribution in [0.4, 0.5) is 0 Å². The maximum Gasteiger partial charge on any atom is 0.0156 e. The van der Waals surface area contributed by atoms with Crippen molar-refractivity contribution in [1.29, 1.82) is 0 Å². The lowest BCUT2D eigenvalue weighted by Gasteiger charge is -2.38. The molecule has 0 amide bonds. The molecule has 1 aliphatic carbocycles. The highest BCUT2D eigenvalue weighted by molar-refractivity contribution is 4.97. The van der Waals surface area contributed by atoms with Crippen molar-refractivity contribution in [3.05, 3.63) is 0 Å². The van der Waals surface area contributed by atoms with Crippen molar-refractivity contribution in [1.82, 2.24) is 10.2 Å². The first kappa shape index (κ1) is 13.4. The second kappa shape index (κ2) is 5.27. The van der Waals surface area contributed by atoms with Gasteiger partial charge in [-0.05, 0) is 57.5 Å². The molecule has 0 spiro atoms. The van der Waals surface area contributed by atoms with E-state index < -0.39 is 0 Å². The number of nitrogens with zero attached hydrogens (tertiary/aromatic N) is 1. The van der Waals surface area contributed by atoms with Gasteiger partial charge in [0.15, 0.2) is 0 Å². The Morgan fingerprint density at radius 3 is 2.65 bits per heavy atom. The molecule has 1 saturated carbocycles. The molecule has 0 aromatic carbocycles. The van der Waals surface area contributed by atoms with E-state index in [1.54, 1.807) is 0 Å². The minimum atomic E-state index is 0.485. The van der Waals surface area contributed by atoms with Gasteiger partial charge >= 0.3 is 0 Å². The average Bonchev–Trinajstić information content (AvgIpc) is 2.57. The molecule has 3 unspecified atom stereocenters. The molecule has 0 bridgehead atoms. The van der Waals surface area contributed by atoms with E-state index in [0.717, 1.165) is 12.0 Å². The number of likely N-dealkylation sites (tertiary alicyclic amines) is 1. The van der Waals surface area contributed by atoms with Gasteiger partial charge in [0.2, 0.25) is 0 Å². The summed E-state index contributed by atoms with van der Waals surface area (Å²) in [5.74, 6) is 0.857. The molecular formula is C15H30N2. The van der Waals surface area contributed by atoms with Crippen LogP contribution < -0.4 is 5.32 Å². The second-order valence-corrected chi connectivity index (χ2v) is 6.89. The van der Waals surface area contributed by atoms with Crippen molar-refractivity contribution in [3.63, 3.8) is 0 Å². The van der Waals surface area contributed by atoms with Crippen LogP contribution >= 0.6 is 0 Å². The molecular weight excluding hydrogens is 208 g/mol. The van der Waals surface area contributed by atoms with E-state index in [4.69, 9.17) is 0 Å². The zero-order valence-corrected chi connectivity index (χ0v) is 12.1. The zero-order valence-electron chi connectivity index (χ0n) is 12.1. The third-order valence-electron chi connectivity index (χ3n) is 5.19. The molecule has 2 nitrogen and oxygen atoms in total. The monoisotopic (exact) mass is 238 g/mol. The van der Waals surface area contributed by atoms with Crippen molar-refractivity contribution in [3.8, 4) is 0 Å². The smallest absolute Gasteiger partial charge is 0.0156 e. The van der Waals surface area contributed by atoms with Crippen LogP contribution in [-0.4, -0.2) is 37.1 Å². The van der Waals surface area contributed by atoms with Crippen molar-refractivity contribution < 1.29 is 0 Å². The Balaban J connectivity index is 1.94. The highest BCUT2D eigenvalue weighted by Crippen LogP contribution is 2.41. The van der Waals surface area contributed by atoms with Crippen LogP contribution in [0, 0.1) is 11.3 Å². The lowest BCUT2D eigenvalue weighted by molar-refractivity contribution is 0.121. The second-order valence-electron chi connectivity index (χ2n) is 6.89. The van der Waals surface area contributed by atoms with Gasteiger partial charge in [0, 0.05) is 18.6 Å². The first-order chi connectivity index (χ1) is 8.04. The summed E-state index contributed by atoms with van der Waals surface area (Å²) in [6.07, 6.45) is 7.03. The predicted molar refractivity (Wildman–Crippen MR) is 74.2 cm³/mol. The Labute approximate surface area is 107 Å². The molecule has 1 N–H and O–H groups in total. The summed E-state index contributed by atoms with van der Waals surface area (Å²) in [5, 5.41) is 3.58. The van der Waals surface area contributed by atoms with Gasteiger partial charge in [0.1, 0.15) is 0 Å². The predicted octanol–water partition coefficient (Wildman–Crippen LogP) is 2.89. The van der Waals surface area contributed by atoms with Gasteiger partial charge in [-0.1, -0.05) is 20.3 Å². The molecule has 2 rings (SSSR count). The molecule has 0 aromatic heterocycles. The molecule has 17 heavy (non-hydrogen) atoms. The number of nitrogens with one attached hydrogen (secondary N) is 1. The summed E-state index contributed by atoms with van der Waals surface area (Å²) in [5.41, 5.74) is 0.485. The van der Waals surface area contributed by atoms with Crippen LogP contribution in [0.1, 0.15) is 52.9 Å². The molecule has 0 radical (unpaired) electrons. The molecule has 2 heteroatoms. The van der Waals surface area contributed by atoms with Crippen LogP contribution in [0.15, 0.2) is 0 Å². The third-order valence-corrected chi connectivity index (χ3v) is 5.19. The van der Waals surface area contributed by atoms with Gasteiger partial charge in [0.25, 0.3) is 0 Å². The SMILES string of the molecule is CNC1C(CN2CCCCC2C)CCC1(C)C. The van der Waals surface area contributed by atoms with E-state index in [2.05, 4.69) is 38.0 Å². The topological polar surface area (TPSA) is 15.3 Å². The molecule has 0 aromatic rings. The number of hydrogen-bond donors (Lipinski definition) is 1. The van der Waals surface area contributed by atoms with Gasteiger partial charge in [-0.3, -0.25) is 0 Å². The van der Waals surface area contributed by atoms with E-state index in [1.807, 2.05) is 0 Å². The van der Waals surface area contributed by atoms with E-state index in [9.17, 15) is 0 Å². The highest BCUT2D eigenvalue weighted by atomic mass is 15.2. The summed E-state index contributed by atoms with van der Waals surface area (Å²) < 4.78 is 0. The molecule has 1 saturated heterocycles. The van der Waals surface area contributed by atoms with E-state index >= 15 is 0 Å². The fraction of sp³-hybridized carbons (Fsp3) is 1.00. The number of piperidine rings is 1. The minimum Gasteiger partial charge on any atom is -0.316 e. The van der Waals surface area contributed by atoms with Gasteiger partial charge in [-0.25, -0.2) is 0 Å². The Kier molecular flexibility index (Phi) is 4.14. The maximum atomic E-state index is 3.58. The van der Waals surface area contributed by atoms with Crippen molar-refractivity contribution in [2.24, 2.45) is 11.3 Å². The summed E-state index contributed by atoms with van der Waals surface area (Å²) >= 11 is 0. The molecule has 3 atom stereocenters. The first-order valence-corrected chi connectivity index (χ1v) is 7.46. The van der Waals surface area contributed by atoms with Crippen LogP contribution in [0.3, 0.4) is 0 Å². The Morgan fingerprint density at radius 1 is 1.24 bits per heavy atom. The lowest BCUT2D eigenvalue weighted by atomic mass is 9.84. The zero-order chi connectivity index (χ0) is 12.5. The minimum absolute atomic E-state index is 0.485. The largest absolute Gasteiger partial charge is 0.316 e. The maximum absolute atomic E-state index is 3.58. The molecule has 2 aliphatic rings. The van der Waals surface area contributed by atoms with Gasteiger partial charge in [-0.2, -0.15) is 0 Å². The fourth-order valence-corrected chi connectivity index (χ4v) is 4.07. The highest BCUT2D eigenvalue weighted by Gasteiger charge is 2.41. The third kappa shape index (κ3) is 2.85. The molecule has 1 heterocycles. The quantitative estimate of drug-likeness (QED) is 0.813. The van der Waals surface area contributed by atoms with Crippen molar-refractivity contribution >= 4 is 0 Å². The van der Waals surface area contributed by atoms with E-state index in [-0.39, 0.29) is 0 Å². The molecule has 2 fully saturated rings.